The van der Waals surface area contributed by atoms with Crippen molar-refractivity contribution < 1.29 is 27.5 Å². The van der Waals surface area contributed by atoms with E-state index in [2.05, 4.69) is 10.4 Å². The minimum absolute atomic E-state index is 0.259. The van der Waals surface area contributed by atoms with E-state index in [4.69, 9.17) is 16.3 Å². The Balaban J connectivity index is 2.01. The predicted molar refractivity (Wildman–Crippen MR) is 108 cm³/mol. The lowest BCUT2D eigenvalue weighted by Gasteiger charge is -2.37. The van der Waals surface area contributed by atoms with E-state index in [-0.39, 0.29) is 12.5 Å². The van der Waals surface area contributed by atoms with Gasteiger partial charge in [0.15, 0.2) is 5.69 Å². The van der Waals surface area contributed by atoms with E-state index < -0.39 is 34.8 Å². The Kier molecular flexibility index (Phi) is 6.38. The average molecular weight is 454 g/mol. The topological polar surface area (TPSA) is 73.2 Å². The number of nitrogens with one attached hydrogen (secondary N) is 1. The molecule has 0 spiro atoms. The van der Waals surface area contributed by atoms with Crippen LogP contribution in [-0.4, -0.2) is 34.6 Å². The number of ether oxygens (including phenoxy) is 1. The first-order valence-electron chi connectivity index (χ1n) is 9.17. The zero-order chi connectivity index (χ0) is 22.8. The smallest absolute Gasteiger partial charge is 0.362 e. The highest BCUT2D eigenvalue weighted by atomic mass is 35.5. The number of methoxy groups -OCH3 is 1. The van der Waals surface area contributed by atoms with Crippen molar-refractivity contribution in [3.05, 3.63) is 76.6 Å². The maximum absolute atomic E-state index is 13.5. The van der Waals surface area contributed by atoms with Gasteiger partial charge in [-0.25, -0.2) is 4.68 Å². The third kappa shape index (κ3) is 4.42. The van der Waals surface area contributed by atoms with Crippen LogP contribution in [0, 0.1) is 0 Å². The van der Waals surface area contributed by atoms with Gasteiger partial charge in [-0.3, -0.25) is 9.59 Å². The number of aromatic nitrogens is 2. The molecule has 0 fully saturated rings. The molecule has 2 unspecified atom stereocenters. The first-order chi connectivity index (χ1) is 14.6. The Labute approximate surface area is 181 Å². The van der Waals surface area contributed by atoms with Crippen LogP contribution in [-0.2, 0) is 27.9 Å². The summed E-state index contributed by atoms with van der Waals surface area (Å²) in [5.74, 6) is -1.37. The summed E-state index contributed by atoms with van der Waals surface area (Å²) in [4.78, 5) is 25.6. The Hall–Kier alpha value is -2.91. The summed E-state index contributed by atoms with van der Waals surface area (Å²) in [5.41, 5.74) is -2.78. The van der Waals surface area contributed by atoms with Crippen LogP contribution in [0.15, 0.2) is 54.8 Å². The van der Waals surface area contributed by atoms with Crippen LogP contribution in [0.25, 0.3) is 0 Å². The van der Waals surface area contributed by atoms with Gasteiger partial charge in [0.2, 0.25) is 0 Å². The van der Waals surface area contributed by atoms with Gasteiger partial charge in [0.25, 0.3) is 5.91 Å². The second-order valence-electron chi connectivity index (χ2n) is 6.97. The van der Waals surface area contributed by atoms with Crippen LogP contribution < -0.4 is 5.32 Å². The second-order valence-corrected chi connectivity index (χ2v) is 7.41. The van der Waals surface area contributed by atoms with Gasteiger partial charge < -0.3 is 10.1 Å². The van der Waals surface area contributed by atoms with Crippen molar-refractivity contribution in [1.29, 1.82) is 0 Å². The van der Waals surface area contributed by atoms with E-state index in [0.717, 1.165) is 4.68 Å². The molecule has 2 aromatic rings. The Bertz CT molecular complexity index is 1040. The minimum Gasteiger partial charge on any atom is -0.362 e. The number of halogens is 4. The summed E-state index contributed by atoms with van der Waals surface area (Å²) in [5, 5.41) is 6.72. The quantitative estimate of drug-likeness (QED) is 0.719. The van der Waals surface area contributed by atoms with Crippen molar-refractivity contribution in [2.24, 2.45) is 0 Å². The number of nitrogens with zero attached hydrogens (tertiary/aromatic N) is 2. The molecule has 1 aliphatic carbocycles. The van der Waals surface area contributed by atoms with Crippen LogP contribution in [0.5, 0.6) is 0 Å². The van der Waals surface area contributed by atoms with E-state index in [0.29, 0.717) is 16.8 Å². The van der Waals surface area contributed by atoms with Crippen molar-refractivity contribution in [2.75, 3.05) is 7.11 Å². The SMILES string of the molecule is COCn1cc(C(F)(F)F)c(C(=O)NC2C=CC=CC2(C(C)=O)c2ccc(Cl)cc2)n1. The van der Waals surface area contributed by atoms with Crippen LogP contribution in [0.2, 0.25) is 5.02 Å². The summed E-state index contributed by atoms with van der Waals surface area (Å²) >= 11 is 5.95. The number of rotatable bonds is 6. The number of Topliss-reactive ketones (excluding diaryl/α,β-unsaturated/α-hetero) is 1. The number of allylic oxidation sites excluding steroid dienone is 2. The fourth-order valence-corrected chi connectivity index (χ4v) is 3.67. The van der Waals surface area contributed by atoms with Gasteiger partial charge in [0.1, 0.15) is 18.1 Å². The zero-order valence-corrected chi connectivity index (χ0v) is 17.4. The van der Waals surface area contributed by atoms with E-state index in [1.54, 1.807) is 48.6 Å². The van der Waals surface area contributed by atoms with Gasteiger partial charge in [0, 0.05) is 18.3 Å². The maximum atomic E-state index is 13.5. The van der Waals surface area contributed by atoms with Gasteiger partial charge in [-0.1, -0.05) is 48.0 Å². The van der Waals surface area contributed by atoms with E-state index in [1.165, 1.54) is 14.0 Å². The Morgan fingerprint density at radius 2 is 1.94 bits per heavy atom. The van der Waals surface area contributed by atoms with Gasteiger partial charge >= 0.3 is 6.18 Å². The molecular weight excluding hydrogens is 435 g/mol. The van der Waals surface area contributed by atoms with Gasteiger partial charge in [-0.2, -0.15) is 18.3 Å². The highest BCUT2D eigenvalue weighted by Gasteiger charge is 2.45. The first-order valence-corrected chi connectivity index (χ1v) is 9.55. The molecule has 1 aromatic carbocycles. The van der Waals surface area contributed by atoms with Crippen LogP contribution >= 0.6 is 11.6 Å². The fourth-order valence-electron chi connectivity index (χ4n) is 3.55. The number of ketones is 1. The summed E-state index contributed by atoms with van der Waals surface area (Å²) in [6.45, 7) is 1.09. The number of benzene rings is 1. The Morgan fingerprint density at radius 3 is 2.52 bits per heavy atom. The van der Waals surface area contributed by atoms with Gasteiger partial charge in [-0.05, 0) is 24.6 Å². The lowest BCUT2D eigenvalue weighted by Crippen LogP contribution is -2.53. The molecule has 2 atom stereocenters. The normalized spacial score (nSPS) is 20.6. The Morgan fingerprint density at radius 1 is 1.26 bits per heavy atom. The molecular formula is C21H19ClF3N3O3. The number of hydrogen-bond acceptors (Lipinski definition) is 4. The number of amides is 1. The molecule has 1 aliphatic rings. The van der Waals surface area contributed by atoms with Crippen LogP contribution in [0.4, 0.5) is 13.2 Å². The summed E-state index contributed by atoms with van der Waals surface area (Å²) < 4.78 is 46.1. The molecule has 0 radical (unpaired) electrons. The van der Waals surface area contributed by atoms with Gasteiger partial charge in [0.05, 0.1) is 11.5 Å². The molecule has 31 heavy (non-hydrogen) atoms. The number of carbonyl (C=O) groups is 2. The van der Waals surface area contributed by atoms with E-state index in [1.807, 2.05) is 0 Å². The van der Waals surface area contributed by atoms with Crippen molar-refractivity contribution in [1.82, 2.24) is 15.1 Å². The summed E-state index contributed by atoms with van der Waals surface area (Å²) in [7, 11) is 1.29. The molecule has 6 nitrogen and oxygen atoms in total. The van der Waals surface area contributed by atoms with E-state index in [9.17, 15) is 22.8 Å². The maximum Gasteiger partial charge on any atom is 0.420 e. The molecule has 1 N–H and O–H groups in total. The lowest BCUT2D eigenvalue weighted by molar-refractivity contribution is -0.138. The lowest BCUT2D eigenvalue weighted by atomic mass is 9.69. The molecule has 0 aliphatic heterocycles. The highest BCUT2D eigenvalue weighted by molar-refractivity contribution is 6.30. The zero-order valence-electron chi connectivity index (χ0n) is 16.6. The standard InChI is InChI=1S/C21H19ClF3N3O3/c1-13(29)20(14-6-8-15(22)9-7-14)10-4-3-5-17(20)26-19(30)18-16(21(23,24)25)11-28(27-18)12-31-2/h3-11,17H,12H2,1-2H3,(H,26,30). The minimum atomic E-state index is -4.80. The molecule has 10 heteroatoms. The number of carbonyl (C=O) groups excluding carboxylic acids is 2. The van der Waals surface area contributed by atoms with E-state index >= 15 is 0 Å². The second kappa shape index (κ2) is 8.68. The van der Waals surface area contributed by atoms with Crippen molar-refractivity contribution in [2.45, 2.75) is 31.3 Å². The molecule has 0 saturated heterocycles. The average Bonchev–Trinajstić information content (AvgIpc) is 3.14. The molecule has 1 aromatic heterocycles. The van der Waals surface area contributed by atoms with Crippen LogP contribution in [0.1, 0.15) is 28.5 Å². The predicted octanol–water partition coefficient (Wildman–Crippen LogP) is 3.91. The molecule has 0 saturated carbocycles. The largest absolute Gasteiger partial charge is 0.420 e. The van der Waals surface area contributed by atoms with Crippen molar-refractivity contribution >= 4 is 23.3 Å². The molecule has 0 bridgehead atoms. The third-order valence-electron chi connectivity index (χ3n) is 5.00. The molecule has 164 valence electrons. The number of alkyl halides is 3. The molecule has 3 rings (SSSR count). The van der Waals surface area contributed by atoms with Crippen LogP contribution in [0.3, 0.4) is 0 Å². The summed E-state index contributed by atoms with van der Waals surface area (Å²) in [6.07, 6.45) is 2.32. The highest BCUT2D eigenvalue weighted by Crippen LogP contribution is 2.36. The molecule has 1 heterocycles. The fraction of sp³-hybridized carbons (Fsp3) is 0.286. The van der Waals surface area contributed by atoms with Gasteiger partial charge in [-0.15, -0.1) is 0 Å². The van der Waals surface area contributed by atoms with Crippen molar-refractivity contribution in [3.8, 4) is 0 Å². The van der Waals surface area contributed by atoms with Crippen molar-refractivity contribution in [3.63, 3.8) is 0 Å². The summed E-state index contributed by atoms with van der Waals surface area (Å²) in [6, 6.07) is 5.53. The number of hydrogen-bond donors (Lipinski definition) is 1. The first kappa shape index (κ1) is 22.8. The third-order valence-corrected chi connectivity index (χ3v) is 5.25. The molecule has 1 amide bonds. The monoisotopic (exact) mass is 453 g/mol.